The zero-order valence-corrected chi connectivity index (χ0v) is 10.7. The van der Waals surface area contributed by atoms with E-state index in [2.05, 4.69) is 15.9 Å². The first-order chi connectivity index (χ1) is 6.75. The molecule has 8 heteroatoms. The predicted octanol–water partition coefficient (Wildman–Crippen LogP) is 3.79. The third-order valence-electron chi connectivity index (χ3n) is 1.79. The minimum absolute atomic E-state index is 0. The lowest BCUT2D eigenvalue weighted by Crippen LogP contribution is -2.28. The lowest BCUT2D eigenvalue weighted by atomic mass is 10.1. The van der Waals surface area contributed by atoms with Gasteiger partial charge in [0.15, 0.2) is 0 Å². The SMILES string of the molecule is Cl.N[C@H](c1ccc(Cl)c(Br)c1O)C(F)(F)F. The number of halogens is 6. The van der Waals surface area contributed by atoms with Gasteiger partial charge in [-0.25, -0.2) is 0 Å². The Kier molecular flexibility index (Phi) is 5.38. The maximum absolute atomic E-state index is 12.3. The van der Waals surface area contributed by atoms with Crippen molar-refractivity contribution in [3.8, 4) is 5.75 Å². The van der Waals surface area contributed by atoms with E-state index in [-0.39, 0.29) is 21.9 Å². The van der Waals surface area contributed by atoms with Gasteiger partial charge in [0.05, 0.1) is 9.50 Å². The highest BCUT2D eigenvalue weighted by atomic mass is 79.9. The summed E-state index contributed by atoms with van der Waals surface area (Å²) in [4.78, 5) is 0. The van der Waals surface area contributed by atoms with Gasteiger partial charge in [0.25, 0.3) is 0 Å². The van der Waals surface area contributed by atoms with Crippen molar-refractivity contribution in [1.29, 1.82) is 0 Å². The first-order valence-corrected chi connectivity index (χ1v) is 4.91. The van der Waals surface area contributed by atoms with Crippen LogP contribution < -0.4 is 5.73 Å². The van der Waals surface area contributed by atoms with Crippen LogP contribution in [0.1, 0.15) is 11.6 Å². The van der Waals surface area contributed by atoms with Gasteiger partial charge in [-0.05, 0) is 22.0 Å². The lowest BCUT2D eigenvalue weighted by Gasteiger charge is -2.17. The molecule has 3 N–H and O–H groups in total. The summed E-state index contributed by atoms with van der Waals surface area (Å²) in [5, 5.41) is 9.52. The average Bonchev–Trinajstić information content (AvgIpc) is 2.12. The molecular weight excluding hydrogens is 334 g/mol. The molecule has 0 unspecified atom stereocenters. The van der Waals surface area contributed by atoms with Gasteiger partial charge in [-0.1, -0.05) is 17.7 Å². The summed E-state index contributed by atoms with van der Waals surface area (Å²) in [6.45, 7) is 0. The molecule has 0 saturated heterocycles. The predicted molar refractivity (Wildman–Crippen MR) is 61.0 cm³/mol. The monoisotopic (exact) mass is 339 g/mol. The number of phenols is 1. The molecule has 1 rings (SSSR count). The van der Waals surface area contributed by atoms with Crippen molar-refractivity contribution >= 4 is 39.9 Å². The van der Waals surface area contributed by atoms with Gasteiger partial charge in [-0.15, -0.1) is 12.4 Å². The highest BCUT2D eigenvalue weighted by molar-refractivity contribution is 9.10. The standard InChI is InChI=1S/C8H6BrClF3NO.ClH/c9-5-4(10)2-1-3(6(5)15)7(14)8(11,12)13;/h1-2,7,15H,14H2;1H/t7-;/m1./s1. The Labute approximate surface area is 109 Å². The van der Waals surface area contributed by atoms with Gasteiger partial charge in [0, 0.05) is 5.56 Å². The van der Waals surface area contributed by atoms with E-state index in [1.807, 2.05) is 0 Å². The van der Waals surface area contributed by atoms with Crippen LogP contribution in [0.5, 0.6) is 5.75 Å². The summed E-state index contributed by atoms with van der Waals surface area (Å²) in [5.41, 5.74) is 4.53. The molecule has 0 aliphatic heterocycles. The normalized spacial score (nSPS) is 13.1. The molecular formula is C8H7BrCl2F3NO. The summed E-state index contributed by atoms with van der Waals surface area (Å²) in [6, 6.07) is 0.0402. The fourth-order valence-corrected chi connectivity index (χ4v) is 1.50. The third kappa shape index (κ3) is 3.16. The Hall–Kier alpha value is -0.170. The van der Waals surface area contributed by atoms with E-state index >= 15 is 0 Å². The summed E-state index contributed by atoms with van der Waals surface area (Å²) >= 11 is 8.44. The zero-order valence-electron chi connectivity index (χ0n) is 7.55. The van der Waals surface area contributed by atoms with Crippen LogP contribution in [0.15, 0.2) is 16.6 Å². The number of nitrogens with two attached hydrogens (primary N) is 1. The van der Waals surface area contributed by atoms with Crippen LogP contribution in [0, 0.1) is 0 Å². The van der Waals surface area contributed by atoms with Crippen molar-refractivity contribution in [2.75, 3.05) is 0 Å². The molecule has 1 aromatic carbocycles. The Morgan fingerprint density at radius 2 is 1.88 bits per heavy atom. The minimum atomic E-state index is -4.61. The largest absolute Gasteiger partial charge is 0.506 e. The summed E-state index contributed by atoms with van der Waals surface area (Å²) in [6.07, 6.45) is -4.61. The second-order valence-corrected chi connectivity index (χ2v) is 4.02. The molecule has 0 fully saturated rings. The Morgan fingerprint density at radius 1 is 1.38 bits per heavy atom. The maximum atomic E-state index is 12.3. The fourth-order valence-electron chi connectivity index (χ4n) is 0.982. The van der Waals surface area contributed by atoms with Gasteiger partial charge in [0.2, 0.25) is 0 Å². The van der Waals surface area contributed by atoms with Crippen LogP contribution in [-0.4, -0.2) is 11.3 Å². The molecule has 0 bridgehead atoms. The van der Waals surface area contributed by atoms with Gasteiger partial charge >= 0.3 is 6.18 Å². The van der Waals surface area contributed by atoms with Crippen molar-refractivity contribution in [1.82, 2.24) is 0 Å². The smallest absolute Gasteiger partial charge is 0.407 e. The first kappa shape index (κ1) is 15.8. The molecule has 0 heterocycles. The summed E-state index contributed by atoms with van der Waals surface area (Å²) < 4.78 is 36.8. The van der Waals surface area contributed by atoms with Crippen LogP contribution in [-0.2, 0) is 0 Å². The number of benzene rings is 1. The molecule has 0 aromatic heterocycles. The second kappa shape index (κ2) is 5.44. The Morgan fingerprint density at radius 3 is 2.31 bits per heavy atom. The lowest BCUT2D eigenvalue weighted by molar-refractivity contribution is -0.149. The van der Waals surface area contributed by atoms with E-state index < -0.39 is 23.5 Å². The minimum Gasteiger partial charge on any atom is -0.506 e. The van der Waals surface area contributed by atoms with Crippen molar-refractivity contribution in [2.24, 2.45) is 5.73 Å². The summed E-state index contributed by atoms with van der Waals surface area (Å²) in [5.74, 6) is -0.590. The maximum Gasteiger partial charge on any atom is 0.407 e. The van der Waals surface area contributed by atoms with Gasteiger partial charge in [-0.3, -0.25) is 0 Å². The third-order valence-corrected chi connectivity index (χ3v) is 3.13. The van der Waals surface area contributed by atoms with E-state index in [0.717, 1.165) is 6.07 Å². The number of alkyl halides is 3. The van der Waals surface area contributed by atoms with E-state index in [0.29, 0.717) is 0 Å². The van der Waals surface area contributed by atoms with E-state index in [9.17, 15) is 18.3 Å². The van der Waals surface area contributed by atoms with Crippen LogP contribution in [0.2, 0.25) is 5.02 Å². The quantitative estimate of drug-likeness (QED) is 0.817. The number of phenolic OH excluding ortho intramolecular Hbond substituents is 1. The van der Waals surface area contributed by atoms with E-state index in [1.54, 1.807) is 0 Å². The number of aromatic hydroxyl groups is 1. The molecule has 0 aliphatic carbocycles. The molecule has 0 spiro atoms. The van der Waals surface area contributed by atoms with Crippen LogP contribution in [0.4, 0.5) is 13.2 Å². The molecule has 1 aromatic rings. The van der Waals surface area contributed by atoms with E-state index in [1.165, 1.54) is 6.07 Å². The highest BCUT2D eigenvalue weighted by Crippen LogP contribution is 2.41. The molecule has 1 atom stereocenters. The molecule has 0 amide bonds. The van der Waals surface area contributed by atoms with Crippen molar-refractivity contribution < 1.29 is 18.3 Å². The number of hydrogen-bond acceptors (Lipinski definition) is 2. The fraction of sp³-hybridized carbons (Fsp3) is 0.250. The molecule has 16 heavy (non-hydrogen) atoms. The van der Waals surface area contributed by atoms with Crippen molar-refractivity contribution in [3.05, 3.63) is 27.2 Å². The molecule has 92 valence electrons. The molecule has 2 nitrogen and oxygen atoms in total. The number of rotatable bonds is 1. The molecule has 0 aliphatic rings. The molecule has 0 radical (unpaired) electrons. The van der Waals surface area contributed by atoms with Crippen LogP contribution >= 0.6 is 39.9 Å². The van der Waals surface area contributed by atoms with Crippen LogP contribution in [0.3, 0.4) is 0 Å². The van der Waals surface area contributed by atoms with Gasteiger partial charge < -0.3 is 10.8 Å². The van der Waals surface area contributed by atoms with E-state index in [4.69, 9.17) is 17.3 Å². The van der Waals surface area contributed by atoms with Crippen molar-refractivity contribution in [3.63, 3.8) is 0 Å². The first-order valence-electron chi connectivity index (χ1n) is 3.74. The number of hydrogen-bond donors (Lipinski definition) is 2. The topological polar surface area (TPSA) is 46.2 Å². The molecule has 0 saturated carbocycles. The summed E-state index contributed by atoms with van der Waals surface area (Å²) in [7, 11) is 0. The Balaban J connectivity index is 0.00000225. The van der Waals surface area contributed by atoms with Gasteiger partial charge in [0.1, 0.15) is 11.8 Å². The van der Waals surface area contributed by atoms with Crippen molar-refractivity contribution in [2.45, 2.75) is 12.2 Å². The highest BCUT2D eigenvalue weighted by Gasteiger charge is 2.39. The zero-order chi connectivity index (χ0) is 11.8. The second-order valence-electron chi connectivity index (χ2n) is 2.82. The van der Waals surface area contributed by atoms with Gasteiger partial charge in [-0.2, -0.15) is 13.2 Å². The Bertz CT molecular complexity index is 386. The van der Waals surface area contributed by atoms with Crippen LogP contribution in [0.25, 0.3) is 0 Å². The average molecular weight is 341 g/mol.